The molecule has 0 aromatic rings. The first kappa shape index (κ1) is 18.7. The fraction of sp³-hybridized carbons (Fsp3) is 0.947. The van der Waals surface area contributed by atoms with E-state index in [-0.39, 0.29) is 0 Å². The highest BCUT2D eigenvalue weighted by molar-refractivity contribution is 5.78. The van der Waals surface area contributed by atoms with Gasteiger partial charge in [-0.3, -0.25) is 9.69 Å². The Hall–Kier alpha value is -0.610. The predicted molar refractivity (Wildman–Crippen MR) is 96.5 cm³/mol. The fourth-order valence-electron chi connectivity index (χ4n) is 3.55. The topological polar surface area (TPSA) is 26.8 Å². The van der Waals surface area contributed by atoms with E-state index >= 15 is 0 Å². The number of hydrogen-bond donors (Lipinski definition) is 0. The van der Waals surface area contributed by atoms with E-state index in [0.717, 1.165) is 45.2 Å². The van der Waals surface area contributed by atoms with E-state index in [0.29, 0.717) is 17.9 Å². The van der Waals surface area contributed by atoms with Gasteiger partial charge < -0.3 is 9.80 Å². The predicted octanol–water partition coefficient (Wildman–Crippen LogP) is 2.69. The molecule has 0 aromatic heterocycles. The SMILES string of the molecule is CC1CCN(C(=O)CN2CCN(CCCC(C)(C)C)CC2)CC1. The number of likely N-dealkylation sites (tertiary alicyclic amines) is 1. The van der Waals surface area contributed by atoms with Crippen LogP contribution >= 0.6 is 0 Å². The molecule has 2 aliphatic rings. The minimum atomic E-state index is 0.345. The number of carbonyl (C=O) groups excluding carboxylic acids is 1. The summed E-state index contributed by atoms with van der Waals surface area (Å²) in [4.78, 5) is 19.4. The van der Waals surface area contributed by atoms with Crippen LogP contribution in [-0.2, 0) is 4.79 Å². The summed E-state index contributed by atoms with van der Waals surface area (Å²) in [7, 11) is 0. The van der Waals surface area contributed by atoms with E-state index in [4.69, 9.17) is 0 Å². The van der Waals surface area contributed by atoms with Crippen molar-refractivity contribution >= 4 is 5.91 Å². The van der Waals surface area contributed by atoms with Crippen LogP contribution in [0.2, 0.25) is 0 Å². The molecule has 2 rings (SSSR count). The van der Waals surface area contributed by atoms with Crippen molar-refractivity contribution in [1.82, 2.24) is 14.7 Å². The second-order valence-electron chi connectivity index (χ2n) is 8.85. The summed E-state index contributed by atoms with van der Waals surface area (Å²) in [5, 5.41) is 0. The van der Waals surface area contributed by atoms with Crippen LogP contribution in [-0.4, -0.2) is 73.0 Å². The summed E-state index contributed by atoms with van der Waals surface area (Å²) < 4.78 is 0. The maximum atomic E-state index is 12.4. The molecule has 2 fully saturated rings. The summed E-state index contributed by atoms with van der Waals surface area (Å²) >= 11 is 0. The summed E-state index contributed by atoms with van der Waals surface area (Å²) in [6.45, 7) is 17.3. The van der Waals surface area contributed by atoms with E-state index in [9.17, 15) is 4.79 Å². The number of piperidine rings is 1. The molecule has 0 N–H and O–H groups in total. The number of nitrogens with zero attached hydrogens (tertiary/aromatic N) is 3. The zero-order valence-corrected chi connectivity index (χ0v) is 15.8. The Bertz CT molecular complexity index is 361. The van der Waals surface area contributed by atoms with Crippen molar-refractivity contribution in [3.8, 4) is 0 Å². The van der Waals surface area contributed by atoms with Gasteiger partial charge in [-0.1, -0.05) is 27.7 Å². The summed E-state index contributed by atoms with van der Waals surface area (Å²) in [6.07, 6.45) is 4.92. The largest absolute Gasteiger partial charge is 0.342 e. The monoisotopic (exact) mass is 323 g/mol. The fourth-order valence-corrected chi connectivity index (χ4v) is 3.55. The molecule has 0 bridgehead atoms. The van der Waals surface area contributed by atoms with E-state index in [1.165, 1.54) is 32.2 Å². The molecule has 0 unspecified atom stereocenters. The first-order valence-electron chi connectivity index (χ1n) is 9.56. The van der Waals surface area contributed by atoms with E-state index in [2.05, 4.69) is 42.4 Å². The van der Waals surface area contributed by atoms with Gasteiger partial charge >= 0.3 is 0 Å². The van der Waals surface area contributed by atoms with Gasteiger partial charge in [0.2, 0.25) is 5.91 Å². The third-order valence-electron chi connectivity index (χ3n) is 5.36. The smallest absolute Gasteiger partial charge is 0.236 e. The van der Waals surface area contributed by atoms with Gasteiger partial charge in [-0.05, 0) is 43.6 Å². The van der Waals surface area contributed by atoms with E-state index < -0.39 is 0 Å². The number of amides is 1. The highest BCUT2D eigenvalue weighted by Crippen LogP contribution is 2.21. The molecule has 0 aromatic carbocycles. The van der Waals surface area contributed by atoms with Crippen molar-refractivity contribution in [3.05, 3.63) is 0 Å². The Balaban J connectivity index is 1.62. The molecule has 2 saturated heterocycles. The summed E-state index contributed by atoms with van der Waals surface area (Å²) in [6, 6.07) is 0. The van der Waals surface area contributed by atoms with Crippen LogP contribution < -0.4 is 0 Å². The van der Waals surface area contributed by atoms with Gasteiger partial charge in [0, 0.05) is 39.3 Å². The molecule has 0 aliphatic carbocycles. The zero-order chi connectivity index (χ0) is 16.9. The standard InChI is InChI=1S/C19H37N3O/c1-17-6-10-22(11-7-17)18(23)16-21-14-12-20(13-15-21)9-5-8-19(2,3)4/h17H,5-16H2,1-4H3. The number of rotatable bonds is 5. The van der Waals surface area contributed by atoms with Gasteiger partial charge in [0.15, 0.2) is 0 Å². The number of hydrogen-bond acceptors (Lipinski definition) is 3. The molecule has 134 valence electrons. The molecule has 23 heavy (non-hydrogen) atoms. The molecule has 1 amide bonds. The van der Waals surface area contributed by atoms with Crippen LogP contribution in [0.15, 0.2) is 0 Å². The molecule has 4 nitrogen and oxygen atoms in total. The summed E-state index contributed by atoms with van der Waals surface area (Å²) in [5.41, 5.74) is 0.445. The number of carbonyl (C=O) groups is 1. The Morgan fingerprint density at radius 1 is 0.957 bits per heavy atom. The van der Waals surface area contributed by atoms with Crippen LogP contribution in [0.1, 0.15) is 53.4 Å². The third-order valence-corrected chi connectivity index (χ3v) is 5.36. The van der Waals surface area contributed by atoms with Gasteiger partial charge in [0.1, 0.15) is 0 Å². The van der Waals surface area contributed by atoms with Crippen LogP contribution in [0.5, 0.6) is 0 Å². The first-order chi connectivity index (χ1) is 10.8. The molecule has 0 saturated carbocycles. The second kappa shape index (κ2) is 8.48. The van der Waals surface area contributed by atoms with Gasteiger partial charge in [-0.2, -0.15) is 0 Å². The molecule has 0 spiro atoms. The second-order valence-corrected chi connectivity index (χ2v) is 8.85. The molecule has 4 heteroatoms. The lowest BCUT2D eigenvalue weighted by Gasteiger charge is -2.37. The first-order valence-corrected chi connectivity index (χ1v) is 9.56. The Labute approximate surface area is 143 Å². The lowest BCUT2D eigenvalue weighted by Crippen LogP contribution is -2.51. The van der Waals surface area contributed by atoms with Gasteiger partial charge in [0.05, 0.1) is 6.54 Å². The normalized spacial score (nSPS) is 22.5. The van der Waals surface area contributed by atoms with Crippen molar-refractivity contribution in [2.24, 2.45) is 11.3 Å². The highest BCUT2D eigenvalue weighted by Gasteiger charge is 2.24. The maximum absolute atomic E-state index is 12.4. The average Bonchev–Trinajstić information content (AvgIpc) is 2.48. The van der Waals surface area contributed by atoms with Gasteiger partial charge in [-0.15, -0.1) is 0 Å². The van der Waals surface area contributed by atoms with Crippen molar-refractivity contribution in [2.75, 3.05) is 52.4 Å². The highest BCUT2D eigenvalue weighted by atomic mass is 16.2. The van der Waals surface area contributed by atoms with Crippen LogP contribution in [0.25, 0.3) is 0 Å². The molecule has 2 heterocycles. The lowest BCUT2D eigenvalue weighted by molar-refractivity contribution is -0.134. The molecular weight excluding hydrogens is 286 g/mol. The van der Waals surface area contributed by atoms with Crippen LogP contribution in [0, 0.1) is 11.3 Å². The van der Waals surface area contributed by atoms with Crippen molar-refractivity contribution in [1.29, 1.82) is 0 Å². The van der Waals surface area contributed by atoms with Crippen molar-refractivity contribution < 1.29 is 4.79 Å². The van der Waals surface area contributed by atoms with Gasteiger partial charge in [-0.25, -0.2) is 0 Å². The Kier molecular flexibility index (Phi) is 6.90. The van der Waals surface area contributed by atoms with Crippen LogP contribution in [0.3, 0.4) is 0 Å². The average molecular weight is 324 g/mol. The van der Waals surface area contributed by atoms with Crippen molar-refractivity contribution in [2.45, 2.75) is 53.4 Å². The lowest BCUT2D eigenvalue weighted by atomic mass is 9.90. The molecule has 0 atom stereocenters. The maximum Gasteiger partial charge on any atom is 0.236 e. The Morgan fingerprint density at radius 2 is 1.52 bits per heavy atom. The van der Waals surface area contributed by atoms with E-state index in [1.807, 2.05) is 0 Å². The van der Waals surface area contributed by atoms with Gasteiger partial charge in [0.25, 0.3) is 0 Å². The molecule has 2 aliphatic heterocycles. The van der Waals surface area contributed by atoms with Crippen molar-refractivity contribution in [3.63, 3.8) is 0 Å². The molecular formula is C19H37N3O. The van der Waals surface area contributed by atoms with E-state index in [1.54, 1.807) is 0 Å². The zero-order valence-electron chi connectivity index (χ0n) is 15.8. The number of piperazine rings is 1. The quantitative estimate of drug-likeness (QED) is 0.778. The molecule has 0 radical (unpaired) electrons. The Morgan fingerprint density at radius 3 is 2.09 bits per heavy atom. The van der Waals surface area contributed by atoms with Crippen LogP contribution in [0.4, 0.5) is 0 Å². The minimum Gasteiger partial charge on any atom is -0.342 e. The third kappa shape index (κ3) is 6.80. The minimum absolute atomic E-state index is 0.345. The summed E-state index contributed by atoms with van der Waals surface area (Å²) in [5.74, 6) is 1.13.